The lowest BCUT2D eigenvalue weighted by Gasteiger charge is -2.10. The smallest absolute Gasteiger partial charge is 0.122 e. The highest BCUT2D eigenvalue weighted by atomic mass is 16.5. The summed E-state index contributed by atoms with van der Waals surface area (Å²) in [6, 6.07) is 6.24. The Kier molecular flexibility index (Phi) is 6.71. The zero-order valence-corrected chi connectivity index (χ0v) is 11.4. The van der Waals surface area contributed by atoms with E-state index in [1.807, 2.05) is 7.05 Å². The SMILES string of the molecule is CNCCCCCCOc1cccc(C)c1C. The van der Waals surface area contributed by atoms with Gasteiger partial charge in [-0.1, -0.05) is 25.0 Å². The zero-order chi connectivity index (χ0) is 12.5. The quantitative estimate of drug-likeness (QED) is 0.697. The van der Waals surface area contributed by atoms with Crippen molar-refractivity contribution in [3.05, 3.63) is 29.3 Å². The lowest BCUT2D eigenvalue weighted by molar-refractivity contribution is 0.302. The molecule has 0 bridgehead atoms. The van der Waals surface area contributed by atoms with Crippen molar-refractivity contribution >= 4 is 0 Å². The standard InChI is InChI=1S/C15H25NO/c1-13-9-8-10-15(14(13)2)17-12-7-5-4-6-11-16-3/h8-10,16H,4-7,11-12H2,1-3H3. The Bertz CT molecular complexity index is 323. The van der Waals surface area contributed by atoms with Gasteiger partial charge < -0.3 is 10.1 Å². The first-order valence-electron chi connectivity index (χ1n) is 6.59. The minimum Gasteiger partial charge on any atom is -0.493 e. The largest absolute Gasteiger partial charge is 0.493 e. The number of hydrogen-bond donors (Lipinski definition) is 1. The minimum atomic E-state index is 0.837. The van der Waals surface area contributed by atoms with Gasteiger partial charge in [0.1, 0.15) is 5.75 Å². The molecule has 96 valence electrons. The van der Waals surface area contributed by atoms with Crippen molar-refractivity contribution in [3.8, 4) is 5.75 Å². The fourth-order valence-electron chi connectivity index (χ4n) is 1.82. The molecule has 0 unspecified atom stereocenters. The lowest BCUT2D eigenvalue weighted by Crippen LogP contribution is -2.07. The van der Waals surface area contributed by atoms with Crippen LogP contribution in [0.25, 0.3) is 0 Å². The Morgan fingerprint density at radius 3 is 2.59 bits per heavy atom. The normalized spacial score (nSPS) is 10.5. The fraction of sp³-hybridized carbons (Fsp3) is 0.600. The predicted octanol–water partition coefficient (Wildman–Crippen LogP) is 3.46. The Balaban J connectivity index is 2.16. The highest BCUT2D eigenvalue weighted by Crippen LogP contribution is 2.20. The van der Waals surface area contributed by atoms with Gasteiger partial charge in [0, 0.05) is 0 Å². The van der Waals surface area contributed by atoms with Crippen molar-refractivity contribution in [2.45, 2.75) is 39.5 Å². The van der Waals surface area contributed by atoms with Crippen LogP contribution in [0, 0.1) is 13.8 Å². The number of ether oxygens (including phenoxy) is 1. The van der Waals surface area contributed by atoms with Crippen LogP contribution in [0.5, 0.6) is 5.75 Å². The van der Waals surface area contributed by atoms with E-state index in [1.54, 1.807) is 0 Å². The number of benzene rings is 1. The predicted molar refractivity (Wildman–Crippen MR) is 73.8 cm³/mol. The lowest BCUT2D eigenvalue weighted by atomic mass is 10.1. The molecule has 0 atom stereocenters. The van der Waals surface area contributed by atoms with Gasteiger partial charge in [0.25, 0.3) is 0 Å². The first kappa shape index (κ1) is 14.0. The second-order valence-electron chi connectivity index (χ2n) is 4.56. The molecule has 0 saturated carbocycles. The van der Waals surface area contributed by atoms with E-state index in [9.17, 15) is 0 Å². The van der Waals surface area contributed by atoms with E-state index in [-0.39, 0.29) is 0 Å². The number of rotatable bonds is 8. The van der Waals surface area contributed by atoms with E-state index in [1.165, 1.54) is 30.4 Å². The minimum absolute atomic E-state index is 0.837. The molecule has 1 N–H and O–H groups in total. The Morgan fingerprint density at radius 2 is 1.82 bits per heavy atom. The van der Waals surface area contributed by atoms with E-state index < -0.39 is 0 Å². The molecule has 0 aromatic heterocycles. The number of hydrogen-bond acceptors (Lipinski definition) is 2. The number of unbranched alkanes of at least 4 members (excludes halogenated alkanes) is 3. The molecule has 1 aromatic carbocycles. The van der Waals surface area contributed by atoms with Crippen LogP contribution in [0.2, 0.25) is 0 Å². The van der Waals surface area contributed by atoms with Crippen LogP contribution in [0.15, 0.2) is 18.2 Å². The molecule has 2 heteroatoms. The van der Waals surface area contributed by atoms with Crippen LogP contribution in [0.4, 0.5) is 0 Å². The van der Waals surface area contributed by atoms with Crippen molar-refractivity contribution in [3.63, 3.8) is 0 Å². The molecule has 0 aliphatic heterocycles. The Labute approximate surface area is 105 Å². The zero-order valence-electron chi connectivity index (χ0n) is 11.4. The molecule has 0 fully saturated rings. The van der Waals surface area contributed by atoms with Gasteiger partial charge in [0.05, 0.1) is 6.61 Å². The van der Waals surface area contributed by atoms with Gasteiger partial charge >= 0.3 is 0 Å². The summed E-state index contributed by atoms with van der Waals surface area (Å²) in [5.74, 6) is 1.04. The second-order valence-corrected chi connectivity index (χ2v) is 4.56. The molecule has 2 nitrogen and oxygen atoms in total. The third kappa shape index (κ3) is 5.22. The van der Waals surface area contributed by atoms with Gasteiger partial charge in [-0.15, -0.1) is 0 Å². The van der Waals surface area contributed by atoms with Gasteiger partial charge in [-0.3, -0.25) is 0 Å². The molecule has 0 radical (unpaired) electrons. The number of aryl methyl sites for hydroxylation is 1. The summed E-state index contributed by atoms with van der Waals surface area (Å²) in [4.78, 5) is 0. The molecular weight excluding hydrogens is 210 g/mol. The van der Waals surface area contributed by atoms with Crippen LogP contribution in [-0.2, 0) is 0 Å². The average molecular weight is 235 g/mol. The molecule has 1 aromatic rings. The van der Waals surface area contributed by atoms with Gasteiger partial charge in [0.2, 0.25) is 0 Å². The maximum Gasteiger partial charge on any atom is 0.122 e. The van der Waals surface area contributed by atoms with Gasteiger partial charge in [0.15, 0.2) is 0 Å². The van der Waals surface area contributed by atoms with Crippen LogP contribution >= 0.6 is 0 Å². The summed E-state index contributed by atoms with van der Waals surface area (Å²) in [6.07, 6.45) is 4.96. The Morgan fingerprint density at radius 1 is 1.06 bits per heavy atom. The molecular formula is C15H25NO. The molecule has 0 amide bonds. The first-order valence-corrected chi connectivity index (χ1v) is 6.59. The third-order valence-corrected chi connectivity index (χ3v) is 3.13. The van der Waals surface area contributed by atoms with E-state index in [0.717, 1.165) is 25.3 Å². The van der Waals surface area contributed by atoms with Crippen molar-refractivity contribution in [2.75, 3.05) is 20.2 Å². The summed E-state index contributed by atoms with van der Waals surface area (Å²) in [7, 11) is 2.00. The summed E-state index contributed by atoms with van der Waals surface area (Å²) in [6.45, 7) is 6.21. The van der Waals surface area contributed by atoms with Crippen LogP contribution in [-0.4, -0.2) is 20.2 Å². The first-order chi connectivity index (χ1) is 8.25. The molecule has 1 rings (SSSR count). The summed E-state index contributed by atoms with van der Waals surface area (Å²) in [5, 5.41) is 3.17. The molecule has 17 heavy (non-hydrogen) atoms. The molecule has 0 saturated heterocycles. The maximum absolute atomic E-state index is 5.81. The molecule has 0 aliphatic rings. The van der Waals surface area contributed by atoms with Crippen LogP contribution < -0.4 is 10.1 Å². The van der Waals surface area contributed by atoms with Crippen molar-refractivity contribution in [1.82, 2.24) is 5.32 Å². The van der Waals surface area contributed by atoms with E-state index in [0.29, 0.717) is 0 Å². The van der Waals surface area contributed by atoms with E-state index in [2.05, 4.69) is 37.4 Å². The molecule has 0 spiro atoms. The second kappa shape index (κ2) is 8.13. The van der Waals surface area contributed by atoms with Gasteiger partial charge in [-0.25, -0.2) is 0 Å². The topological polar surface area (TPSA) is 21.3 Å². The van der Waals surface area contributed by atoms with Crippen molar-refractivity contribution in [2.24, 2.45) is 0 Å². The highest BCUT2D eigenvalue weighted by Gasteiger charge is 2.00. The summed E-state index contributed by atoms with van der Waals surface area (Å²) >= 11 is 0. The monoisotopic (exact) mass is 235 g/mol. The maximum atomic E-state index is 5.81. The van der Waals surface area contributed by atoms with Crippen LogP contribution in [0.1, 0.15) is 36.8 Å². The molecule has 0 heterocycles. The number of nitrogens with one attached hydrogen (secondary N) is 1. The van der Waals surface area contributed by atoms with Crippen LogP contribution in [0.3, 0.4) is 0 Å². The van der Waals surface area contributed by atoms with Crippen molar-refractivity contribution in [1.29, 1.82) is 0 Å². The van der Waals surface area contributed by atoms with E-state index >= 15 is 0 Å². The summed E-state index contributed by atoms with van der Waals surface area (Å²) < 4.78 is 5.81. The average Bonchev–Trinajstić information content (AvgIpc) is 2.33. The van der Waals surface area contributed by atoms with E-state index in [4.69, 9.17) is 4.74 Å². The van der Waals surface area contributed by atoms with Gasteiger partial charge in [-0.2, -0.15) is 0 Å². The molecule has 0 aliphatic carbocycles. The van der Waals surface area contributed by atoms with Gasteiger partial charge in [-0.05, 0) is 57.5 Å². The fourth-order valence-corrected chi connectivity index (χ4v) is 1.82. The highest BCUT2D eigenvalue weighted by molar-refractivity contribution is 5.38. The summed E-state index contributed by atoms with van der Waals surface area (Å²) in [5.41, 5.74) is 2.57. The third-order valence-electron chi connectivity index (χ3n) is 3.13. The van der Waals surface area contributed by atoms with Crippen molar-refractivity contribution < 1.29 is 4.74 Å². The Hall–Kier alpha value is -1.02.